The van der Waals surface area contributed by atoms with E-state index in [4.69, 9.17) is 0 Å². The van der Waals surface area contributed by atoms with Gasteiger partial charge >= 0.3 is 6.18 Å². The van der Waals surface area contributed by atoms with E-state index in [2.05, 4.69) is 0 Å². The van der Waals surface area contributed by atoms with E-state index in [9.17, 15) is 26.4 Å². The van der Waals surface area contributed by atoms with Crippen LogP contribution in [0, 0.1) is 0 Å². The number of nitrogens with one attached hydrogen (secondary N) is 1. The number of halogens is 3. The van der Waals surface area contributed by atoms with Gasteiger partial charge in [-0.2, -0.15) is 13.2 Å². The quantitative estimate of drug-likeness (QED) is 0.768. The second kappa shape index (κ2) is 6.72. The van der Waals surface area contributed by atoms with Crippen LogP contribution in [0.5, 0.6) is 0 Å². The van der Waals surface area contributed by atoms with Crippen LogP contribution in [0.4, 0.5) is 13.2 Å². The standard InChI is InChI=1S/C10H18F3N3O3S/c1-20(18,19)16-4-2-3-15(5-6-16)7-9(17)14-8-10(11,12)13/h2-8H2,1H3,(H,14,17). The van der Waals surface area contributed by atoms with Gasteiger partial charge in [-0.15, -0.1) is 0 Å². The molecular weight excluding hydrogens is 299 g/mol. The van der Waals surface area contributed by atoms with E-state index < -0.39 is 28.7 Å². The van der Waals surface area contributed by atoms with Crippen LogP contribution in [0.15, 0.2) is 0 Å². The lowest BCUT2D eigenvalue weighted by Crippen LogP contribution is -2.42. The van der Waals surface area contributed by atoms with Crippen LogP contribution in [-0.4, -0.2) is 75.2 Å². The fourth-order valence-electron chi connectivity index (χ4n) is 1.89. The topological polar surface area (TPSA) is 69.7 Å². The molecule has 1 heterocycles. The molecule has 1 saturated heterocycles. The van der Waals surface area contributed by atoms with Crippen LogP contribution in [0.25, 0.3) is 0 Å². The maximum atomic E-state index is 11.9. The van der Waals surface area contributed by atoms with Gasteiger partial charge in [0.1, 0.15) is 6.54 Å². The van der Waals surface area contributed by atoms with Gasteiger partial charge in [-0.05, 0) is 13.0 Å². The molecule has 0 bridgehead atoms. The Kier molecular flexibility index (Phi) is 5.78. The Balaban J connectivity index is 2.40. The molecule has 0 aliphatic carbocycles. The van der Waals surface area contributed by atoms with Crippen LogP contribution < -0.4 is 5.32 Å². The Morgan fingerprint density at radius 2 is 1.85 bits per heavy atom. The summed E-state index contributed by atoms with van der Waals surface area (Å²) in [5.41, 5.74) is 0. The van der Waals surface area contributed by atoms with Crippen LogP contribution in [0.2, 0.25) is 0 Å². The SMILES string of the molecule is CS(=O)(=O)N1CCCN(CC(=O)NCC(F)(F)F)CC1. The van der Waals surface area contributed by atoms with Crippen LogP contribution >= 0.6 is 0 Å². The lowest BCUT2D eigenvalue weighted by molar-refractivity contribution is -0.139. The molecule has 6 nitrogen and oxygen atoms in total. The first kappa shape index (κ1) is 17.2. The van der Waals surface area contributed by atoms with Gasteiger partial charge in [0, 0.05) is 19.6 Å². The smallest absolute Gasteiger partial charge is 0.346 e. The van der Waals surface area contributed by atoms with E-state index in [1.54, 1.807) is 10.2 Å². The number of alkyl halides is 3. The number of hydrogen-bond acceptors (Lipinski definition) is 4. The van der Waals surface area contributed by atoms with Crippen molar-refractivity contribution in [2.24, 2.45) is 0 Å². The molecule has 0 saturated carbocycles. The van der Waals surface area contributed by atoms with Gasteiger partial charge in [0.15, 0.2) is 0 Å². The highest BCUT2D eigenvalue weighted by molar-refractivity contribution is 7.88. The predicted molar refractivity (Wildman–Crippen MR) is 66.5 cm³/mol. The van der Waals surface area contributed by atoms with Crippen molar-refractivity contribution in [3.8, 4) is 0 Å². The average Bonchev–Trinajstić information content (AvgIpc) is 2.50. The lowest BCUT2D eigenvalue weighted by Gasteiger charge is -2.20. The number of rotatable bonds is 4. The minimum absolute atomic E-state index is 0.159. The van der Waals surface area contributed by atoms with E-state index >= 15 is 0 Å². The number of nitrogens with zero attached hydrogens (tertiary/aromatic N) is 2. The molecule has 1 aliphatic rings. The largest absolute Gasteiger partial charge is 0.405 e. The number of hydrogen-bond donors (Lipinski definition) is 1. The summed E-state index contributed by atoms with van der Waals surface area (Å²) >= 11 is 0. The normalized spacial score (nSPS) is 19.6. The van der Waals surface area contributed by atoms with E-state index in [1.807, 2.05) is 0 Å². The van der Waals surface area contributed by atoms with Crippen molar-refractivity contribution in [3.05, 3.63) is 0 Å². The Morgan fingerprint density at radius 3 is 2.40 bits per heavy atom. The second-order valence-corrected chi connectivity index (χ2v) is 6.67. The van der Waals surface area contributed by atoms with Crippen LogP contribution in [0.1, 0.15) is 6.42 Å². The summed E-state index contributed by atoms with van der Waals surface area (Å²) in [6, 6.07) is 0. The van der Waals surface area contributed by atoms with Gasteiger partial charge in [0.05, 0.1) is 12.8 Å². The van der Waals surface area contributed by atoms with Crippen LogP contribution in [0.3, 0.4) is 0 Å². The minimum atomic E-state index is -4.43. The molecule has 1 aliphatic heterocycles. The first-order valence-electron chi connectivity index (χ1n) is 6.09. The highest BCUT2D eigenvalue weighted by Crippen LogP contribution is 2.12. The summed E-state index contributed by atoms with van der Waals surface area (Å²) in [6.45, 7) is -0.105. The highest BCUT2D eigenvalue weighted by atomic mass is 32.2. The van der Waals surface area contributed by atoms with Crippen molar-refractivity contribution >= 4 is 15.9 Å². The first-order valence-corrected chi connectivity index (χ1v) is 7.94. The minimum Gasteiger partial charge on any atom is -0.346 e. The van der Waals surface area contributed by atoms with Gasteiger partial charge in [-0.3, -0.25) is 9.69 Å². The molecule has 1 fully saturated rings. The summed E-state index contributed by atoms with van der Waals surface area (Å²) in [4.78, 5) is 13.0. The molecule has 20 heavy (non-hydrogen) atoms. The number of carbonyl (C=O) groups is 1. The predicted octanol–water partition coefficient (Wildman–Crippen LogP) is -0.368. The maximum absolute atomic E-state index is 11.9. The zero-order valence-electron chi connectivity index (χ0n) is 11.1. The number of carbonyl (C=O) groups excluding carboxylic acids is 1. The van der Waals surface area contributed by atoms with E-state index in [1.165, 1.54) is 4.31 Å². The van der Waals surface area contributed by atoms with Crippen molar-refractivity contribution in [1.29, 1.82) is 0 Å². The molecule has 1 N–H and O–H groups in total. The first-order chi connectivity index (χ1) is 9.08. The van der Waals surface area contributed by atoms with Crippen molar-refractivity contribution in [2.75, 3.05) is 45.5 Å². The molecule has 0 aromatic carbocycles. The molecule has 10 heteroatoms. The monoisotopic (exact) mass is 317 g/mol. The van der Waals surface area contributed by atoms with Gasteiger partial charge < -0.3 is 5.32 Å². The number of amides is 1. The Labute approximate surface area is 116 Å². The highest BCUT2D eigenvalue weighted by Gasteiger charge is 2.28. The van der Waals surface area contributed by atoms with Crippen molar-refractivity contribution in [1.82, 2.24) is 14.5 Å². The third kappa shape index (κ3) is 6.53. The van der Waals surface area contributed by atoms with Gasteiger partial charge in [-0.25, -0.2) is 12.7 Å². The zero-order valence-corrected chi connectivity index (χ0v) is 11.9. The van der Waals surface area contributed by atoms with E-state index in [0.717, 1.165) is 6.26 Å². The Bertz CT molecular complexity index is 439. The average molecular weight is 317 g/mol. The van der Waals surface area contributed by atoms with Crippen LogP contribution in [-0.2, 0) is 14.8 Å². The molecule has 0 unspecified atom stereocenters. The fourth-order valence-corrected chi connectivity index (χ4v) is 2.77. The summed E-state index contributed by atoms with van der Waals surface area (Å²) < 4.78 is 59.9. The summed E-state index contributed by atoms with van der Waals surface area (Å²) in [6.07, 6.45) is -2.78. The molecule has 0 aromatic heterocycles. The maximum Gasteiger partial charge on any atom is 0.405 e. The molecule has 0 spiro atoms. The summed E-state index contributed by atoms with van der Waals surface area (Å²) in [5, 5.41) is 1.79. The zero-order chi connectivity index (χ0) is 15.4. The molecule has 118 valence electrons. The molecule has 0 atom stereocenters. The molecule has 0 radical (unpaired) electrons. The molecule has 1 rings (SSSR count). The lowest BCUT2D eigenvalue weighted by atomic mass is 10.4. The molecule has 0 aromatic rings. The van der Waals surface area contributed by atoms with Gasteiger partial charge in [0.25, 0.3) is 0 Å². The molecule has 1 amide bonds. The van der Waals surface area contributed by atoms with Gasteiger partial charge in [0.2, 0.25) is 15.9 Å². The van der Waals surface area contributed by atoms with Crippen molar-refractivity contribution in [2.45, 2.75) is 12.6 Å². The Hall–Kier alpha value is -0.870. The molecular formula is C10H18F3N3O3S. The fraction of sp³-hybridized carbons (Fsp3) is 0.900. The third-order valence-electron chi connectivity index (χ3n) is 2.87. The van der Waals surface area contributed by atoms with Crippen molar-refractivity contribution < 1.29 is 26.4 Å². The number of sulfonamides is 1. The summed E-state index contributed by atoms with van der Waals surface area (Å²) in [7, 11) is -3.27. The second-order valence-electron chi connectivity index (χ2n) is 4.68. The Morgan fingerprint density at radius 1 is 1.20 bits per heavy atom. The van der Waals surface area contributed by atoms with E-state index in [-0.39, 0.29) is 13.1 Å². The third-order valence-corrected chi connectivity index (χ3v) is 4.17. The van der Waals surface area contributed by atoms with Crippen molar-refractivity contribution in [3.63, 3.8) is 0 Å². The van der Waals surface area contributed by atoms with Gasteiger partial charge in [-0.1, -0.05) is 0 Å². The summed E-state index contributed by atoms with van der Waals surface area (Å²) in [5.74, 6) is -0.713. The van der Waals surface area contributed by atoms with E-state index in [0.29, 0.717) is 26.1 Å².